The van der Waals surface area contributed by atoms with Gasteiger partial charge in [0, 0.05) is 21.1 Å². The number of hydrogen-bond acceptors (Lipinski definition) is 2. The summed E-state index contributed by atoms with van der Waals surface area (Å²) in [5.74, 6) is -0.440. The maximum atomic E-state index is 13.4. The molecule has 0 amide bonds. The summed E-state index contributed by atoms with van der Waals surface area (Å²) in [7, 11) is -3.71. The Hall–Kier alpha value is -0.760. The van der Waals surface area contributed by atoms with Gasteiger partial charge in [-0.25, -0.2) is 17.5 Å². The Balaban J connectivity index is 2.22. The molecule has 0 saturated carbocycles. The molecular formula is C13H10Br2FNO2S. The Morgan fingerprint density at radius 3 is 2.45 bits per heavy atom. The molecule has 0 heterocycles. The van der Waals surface area contributed by atoms with Crippen LogP contribution in [0.25, 0.3) is 0 Å². The number of nitrogens with one attached hydrogen (secondary N) is 1. The summed E-state index contributed by atoms with van der Waals surface area (Å²) in [6.07, 6.45) is 0. The molecule has 0 aromatic heterocycles. The van der Waals surface area contributed by atoms with E-state index in [0.29, 0.717) is 10.0 Å². The predicted octanol–water partition coefficient (Wildman–Crippen LogP) is 3.83. The lowest BCUT2D eigenvalue weighted by atomic mass is 10.2. The lowest BCUT2D eigenvalue weighted by molar-refractivity contribution is 0.574. The van der Waals surface area contributed by atoms with Gasteiger partial charge in [-0.2, -0.15) is 0 Å². The van der Waals surface area contributed by atoms with Crippen LogP contribution in [-0.4, -0.2) is 8.42 Å². The van der Waals surface area contributed by atoms with Gasteiger partial charge >= 0.3 is 0 Å². The van der Waals surface area contributed by atoms with Crippen molar-refractivity contribution in [3.05, 3.63) is 62.8 Å². The second kappa shape index (κ2) is 6.34. The van der Waals surface area contributed by atoms with E-state index in [1.807, 2.05) is 0 Å². The molecule has 3 nitrogen and oxygen atoms in total. The summed E-state index contributed by atoms with van der Waals surface area (Å²) in [6.45, 7) is -0.0997. The van der Waals surface area contributed by atoms with Crippen molar-refractivity contribution in [1.82, 2.24) is 4.72 Å². The Morgan fingerprint density at radius 2 is 1.80 bits per heavy atom. The maximum absolute atomic E-state index is 13.4. The van der Waals surface area contributed by atoms with Gasteiger partial charge in [0.2, 0.25) is 10.0 Å². The summed E-state index contributed by atoms with van der Waals surface area (Å²) in [6, 6.07) is 10.8. The van der Waals surface area contributed by atoms with Crippen LogP contribution in [0, 0.1) is 5.82 Å². The van der Waals surface area contributed by atoms with Crippen molar-refractivity contribution in [1.29, 1.82) is 0 Å². The minimum absolute atomic E-state index is 0.0997. The van der Waals surface area contributed by atoms with Gasteiger partial charge in [-0.05, 0) is 40.2 Å². The summed E-state index contributed by atoms with van der Waals surface area (Å²) < 4.78 is 41.4. The van der Waals surface area contributed by atoms with Crippen LogP contribution in [0.5, 0.6) is 0 Å². The zero-order chi connectivity index (χ0) is 14.8. The van der Waals surface area contributed by atoms with Crippen molar-refractivity contribution >= 4 is 41.9 Å². The van der Waals surface area contributed by atoms with Crippen LogP contribution < -0.4 is 4.72 Å². The first-order chi connectivity index (χ1) is 9.40. The second-order valence-electron chi connectivity index (χ2n) is 3.99. The van der Waals surface area contributed by atoms with E-state index in [0.717, 1.165) is 4.47 Å². The van der Waals surface area contributed by atoms with E-state index in [1.54, 1.807) is 24.3 Å². The molecule has 0 spiro atoms. The number of halogens is 3. The van der Waals surface area contributed by atoms with Gasteiger partial charge in [-0.15, -0.1) is 0 Å². The molecule has 20 heavy (non-hydrogen) atoms. The number of benzene rings is 2. The zero-order valence-corrected chi connectivity index (χ0v) is 14.1. The highest BCUT2D eigenvalue weighted by Gasteiger charge is 2.18. The third kappa shape index (κ3) is 3.66. The highest BCUT2D eigenvalue weighted by atomic mass is 79.9. The topological polar surface area (TPSA) is 46.2 Å². The normalized spacial score (nSPS) is 11.6. The molecule has 0 atom stereocenters. The Labute approximate surface area is 133 Å². The first kappa shape index (κ1) is 15.6. The molecule has 2 aromatic rings. The molecular weight excluding hydrogens is 413 g/mol. The van der Waals surface area contributed by atoms with E-state index in [4.69, 9.17) is 0 Å². The molecule has 0 aliphatic rings. The minimum atomic E-state index is -3.71. The average molecular weight is 423 g/mol. The van der Waals surface area contributed by atoms with E-state index in [-0.39, 0.29) is 11.4 Å². The van der Waals surface area contributed by atoms with Crippen LogP contribution in [0.3, 0.4) is 0 Å². The lowest BCUT2D eigenvalue weighted by Gasteiger charge is -2.09. The van der Waals surface area contributed by atoms with E-state index < -0.39 is 15.8 Å². The van der Waals surface area contributed by atoms with E-state index >= 15 is 0 Å². The van der Waals surface area contributed by atoms with Crippen molar-refractivity contribution < 1.29 is 12.8 Å². The van der Waals surface area contributed by atoms with Crippen LogP contribution in [0.1, 0.15) is 5.56 Å². The smallest absolute Gasteiger partial charge is 0.207 e. The fourth-order valence-corrected chi connectivity index (χ4v) is 4.34. The van der Waals surface area contributed by atoms with Gasteiger partial charge in [-0.1, -0.05) is 34.1 Å². The summed E-state index contributed by atoms with van der Waals surface area (Å²) in [4.78, 5) is 0.108. The fourth-order valence-electron chi connectivity index (χ4n) is 1.59. The SMILES string of the molecule is O=S(=O)(NCc1ccccc1F)c1ccc(Br)cc1Br. The number of rotatable bonds is 4. The Bertz CT molecular complexity index is 735. The first-order valence-corrected chi connectivity index (χ1v) is 8.65. The van der Waals surface area contributed by atoms with Crippen LogP contribution in [-0.2, 0) is 16.6 Å². The predicted molar refractivity (Wildman–Crippen MR) is 82.3 cm³/mol. The van der Waals surface area contributed by atoms with Gasteiger partial charge in [0.15, 0.2) is 0 Å². The van der Waals surface area contributed by atoms with Crippen LogP contribution in [0.2, 0.25) is 0 Å². The third-order valence-corrected chi connectivity index (χ3v) is 5.47. The van der Waals surface area contributed by atoms with Crippen molar-refractivity contribution in [2.45, 2.75) is 11.4 Å². The molecule has 2 aromatic carbocycles. The summed E-state index contributed by atoms with van der Waals surface area (Å²) in [5, 5.41) is 0. The molecule has 0 saturated heterocycles. The van der Waals surface area contributed by atoms with Crippen LogP contribution >= 0.6 is 31.9 Å². The molecule has 0 bridgehead atoms. The Kier molecular flexibility index (Phi) is 4.95. The number of sulfonamides is 1. The summed E-state index contributed by atoms with van der Waals surface area (Å²) >= 11 is 6.45. The van der Waals surface area contributed by atoms with Crippen molar-refractivity contribution in [2.24, 2.45) is 0 Å². The van der Waals surface area contributed by atoms with E-state index in [9.17, 15) is 12.8 Å². The van der Waals surface area contributed by atoms with Gasteiger partial charge < -0.3 is 0 Å². The Morgan fingerprint density at radius 1 is 1.10 bits per heavy atom. The zero-order valence-electron chi connectivity index (χ0n) is 10.1. The van der Waals surface area contributed by atoms with Crippen molar-refractivity contribution in [3.8, 4) is 0 Å². The minimum Gasteiger partial charge on any atom is -0.207 e. The highest BCUT2D eigenvalue weighted by molar-refractivity contribution is 9.11. The van der Waals surface area contributed by atoms with Crippen molar-refractivity contribution in [3.63, 3.8) is 0 Å². The van der Waals surface area contributed by atoms with Gasteiger partial charge in [0.25, 0.3) is 0 Å². The maximum Gasteiger partial charge on any atom is 0.241 e. The van der Waals surface area contributed by atoms with Gasteiger partial charge in [-0.3, -0.25) is 0 Å². The van der Waals surface area contributed by atoms with Gasteiger partial charge in [0.1, 0.15) is 5.82 Å². The molecule has 0 fully saturated rings. The van der Waals surface area contributed by atoms with E-state index in [2.05, 4.69) is 36.6 Å². The molecule has 0 aliphatic carbocycles. The van der Waals surface area contributed by atoms with Crippen LogP contribution in [0.4, 0.5) is 4.39 Å². The molecule has 7 heteroatoms. The third-order valence-electron chi connectivity index (χ3n) is 2.59. The largest absolute Gasteiger partial charge is 0.241 e. The average Bonchev–Trinajstić information content (AvgIpc) is 2.37. The molecule has 106 valence electrons. The first-order valence-electron chi connectivity index (χ1n) is 5.58. The lowest BCUT2D eigenvalue weighted by Crippen LogP contribution is -2.24. The molecule has 0 radical (unpaired) electrons. The molecule has 1 N–H and O–H groups in total. The standard InChI is InChI=1S/C13H10Br2FNO2S/c14-10-5-6-13(11(15)7-10)20(18,19)17-8-9-3-1-2-4-12(9)16/h1-7,17H,8H2. The van der Waals surface area contributed by atoms with Crippen LogP contribution in [0.15, 0.2) is 56.3 Å². The second-order valence-corrected chi connectivity index (χ2v) is 7.50. The monoisotopic (exact) mass is 421 g/mol. The highest BCUT2D eigenvalue weighted by Crippen LogP contribution is 2.25. The quantitative estimate of drug-likeness (QED) is 0.813. The summed E-state index contributed by atoms with van der Waals surface area (Å²) in [5.41, 5.74) is 0.296. The molecule has 0 aliphatic heterocycles. The molecule has 0 unspecified atom stereocenters. The van der Waals surface area contributed by atoms with Gasteiger partial charge in [0.05, 0.1) is 4.90 Å². The number of hydrogen-bond donors (Lipinski definition) is 1. The fraction of sp³-hybridized carbons (Fsp3) is 0.0769. The van der Waals surface area contributed by atoms with E-state index in [1.165, 1.54) is 18.2 Å². The molecule has 2 rings (SSSR count). The van der Waals surface area contributed by atoms with Crippen molar-refractivity contribution in [2.75, 3.05) is 0 Å².